The summed E-state index contributed by atoms with van der Waals surface area (Å²) in [5.41, 5.74) is 7.22. The van der Waals surface area contributed by atoms with Crippen LogP contribution < -0.4 is 5.73 Å². The predicted octanol–water partition coefficient (Wildman–Crippen LogP) is 2.09. The van der Waals surface area contributed by atoms with Gasteiger partial charge in [-0.25, -0.2) is 0 Å². The van der Waals surface area contributed by atoms with E-state index in [0.717, 1.165) is 6.54 Å². The molecule has 76 valence electrons. The molecule has 1 fully saturated rings. The van der Waals surface area contributed by atoms with Crippen LogP contribution in [0.15, 0.2) is 24.3 Å². The number of hydrogen-bond donors (Lipinski definition) is 2. The first kappa shape index (κ1) is 9.53. The molecule has 1 aromatic carbocycles. The van der Waals surface area contributed by atoms with Crippen molar-refractivity contribution in [3.63, 3.8) is 0 Å². The molecule has 14 heavy (non-hydrogen) atoms. The van der Waals surface area contributed by atoms with Gasteiger partial charge in [-0.2, -0.15) is 0 Å². The second kappa shape index (κ2) is 2.99. The maximum Gasteiger partial charge on any atom is 0.115 e. The van der Waals surface area contributed by atoms with E-state index in [1.54, 1.807) is 6.07 Å². The monoisotopic (exact) mass is 191 g/mol. The van der Waals surface area contributed by atoms with Crippen molar-refractivity contribution in [3.8, 4) is 5.75 Å². The Morgan fingerprint density at radius 3 is 2.64 bits per heavy atom. The van der Waals surface area contributed by atoms with Crippen molar-refractivity contribution in [1.29, 1.82) is 0 Å². The lowest BCUT2D eigenvalue weighted by Crippen LogP contribution is -2.05. The number of phenolic OH excluding ortho intramolecular Hbond substituents is 1. The van der Waals surface area contributed by atoms with Gasteiger partial charge in [0, 0.05) is 0 Å². The number of rotatable bonds is 2. The third kappa shape index (κ3) is 1.30. The van der Waals surface area contributed by atoms with Gasteiger partial charge in [0.1, 0.15) is 5.75 Å². The highest BCUT2D eigenvalue weighted by molar-refractivity contribution is 5.36. The van der Waals surface area contributed by atoms with E-state index in [1.807, 2.05) is 12.1 Å². The molecule has 1 aliphatic rings. The van der Waals surface area contributed by atoms with E-state index in [9.17, 15) is 5.11 Å². The van der Waals surface area contributed by atoms with Gasteiger partial charge in [0.2, 0.25) is 0 Å². The molecular weight excluding hydrogens is 174 g/mol. The molecule has 1 aromatic rings. The maximum absolute atomic E-state index is 9.39. The number of phenols is 1. The summed E-state index contributed by atoms with van der Waals surface area (Å²) in [5.74, 6) is 1.42. The summed E-state index contributed by atoms with van der Waals surface area (Å²) in [6, 6.07) is 7.52. The Hall–Kier alpha value is -1.02. The van der Waals surface area contributed by atoms with Gasteiger partial charge in [0.25, 0.3) is 0 Å². The molecule has 0 aromatic heterocycles. The minimum atomic E-state index is 0.294. The Bertz CT molecular complexity index is 346. The van der Waals surface area contributed by atoms with Crippen LogP contribution in [0.25, 0.3) is 0 Å². The van der Waals surface area contributed by atoms with Crippen molar-refractivity contribution in [2.24, 2.45) is 17.1 Å². The Balaban J connectivity index is 2.26. The van der Waals surface area contributed by atoms with Gasteiger partial charge in [-0.1, -0.05) is 26.0 Å². The van der Waals surface area contributed by atoms with Crippen molar-refractivity contribution in [2.45, 2.75) is 19.8 Å². The smallest absolute Gasteiger partial charge is 0.115 e. The molecule has 0 saturated heterocycles. The fourth-order valence-corrected chi connectivity index (χ4v) is 2.56. The molecule has 0 spiro atoms. The van der Waals surface area contributed by atoms with Gasteiger partial charge in [0.15, 0.2) is 0 Å². The minimum absolute atomic E-state index is 0.294. The molecular formula is C12H17NO. The van der Waals surface area contributed by atoms with E-state index in [0.29, 0.717) is 23.0 Å². The summed E-state index contributed by atoms with van der Waals surface area (Å²) >= 11 is 0. The highest BCUT2D eigenvalue weighted by Crippen LogP contribution is 2.63. The van der Waals surface area contributed by atoms with Crippen LogP contribution in [0.5, 0.6) is 5.75 Å². The third-order valence-corrected chi connectivity index (χ3v) is 3.53. The molecule has 0 unspecified atom stereocenters. The lowest BCUT2D eigenvalue weighted by atomic mass is 10.0. The Kier molecular flexibility index (Phi) is 2.04. The fourth-order valence-electron chi connectivity index (χ4n) is 2.56. The van der Waals surface area contributed by atoms with Crippen LogP contribution in [-0.4, -0.2) is 11.7 Å². The molecule has 0 aliphatic heterocycles. The van der Waals surface area contributed by atoms with Gasteiger partial charge in [0.05, 0.1) is 0 Å². The highest BCUT2D eigenvalue weighted by atomic mass is 16.3. The molecule has 1 saturated carbocycles. The van der Waals surface area contributed by atoms with Crippen molar-refractivity contribution in [1.82, 2.24) is 0 Å². The second-order valence-electron chi connectivity index (χ2n) is 4.74. The lowest BCUT2D eigenvalue weighted by Gasteiger charge is -2.03. The van der Waals surface area contributed by atoms with Crippen molar-refractivity contribution in [3.05, 3.63) is 29.8 Å². The first-order valence-electron chi connectivity index (χ1n) is 5.06. The summed E-state index contributed by atoms with van der Waals surface area (Å²) in [5, 5.41) is 9.39. The Labute approximate surface area is 84.7 Å². The fraction of sp³-hybridized carbons (Fsp3) is 0.500. The first-order valence-corrected chi connectivity index (χ1v) is 5.06. The second-order valence-corrected chi connectivity index (χ2v) is 4.74. The SMILES string of the molecule is CC1(C)[C@@H](CN)[C@@H]1c1cccc(O)c1. The summed E-state index contributed by atoms with van der Waals surface area (Å²) in [4.78, 5) is 0. The van der Waals surface area contributed by atoms with Crippen LogP contribution in [0.1, 0.15) is 25.3 Å². The normalized spacial score (nSPS) is 28.8. The van der Waals surface area contributed by atoms with E-state index in [4.69, 9.17) is 5.73 Å². The van der Waals surface area contributed by atoms with Gasteiger partial charge in [-0.15, -0.1) is 0 Å². The van der Waals surface area contributed by atoms with Crippen molar-refractivity contribution in [2.75, 3.05) is 6.54 Å². The number of aromatic hydroxyl groups is 1. The van der Waals surface area contributed by atoms with E-state index in [-0.39, 0.29) is 0 Å². The van der Waals surface area contributed by atoms with Crippen LogP contribution in [0.3, 0.4) is 0 Å². The average molecular weight is 191 g/mol. The van der Waals surface area contributed by atoms with Crippen LogP contribution in [-0.2, 0) is 0 Å². The number of benzene rings is 1. The van der Waals surface area contributed by atoms with E-state index in [1.165, 1.54) is 5.56 Å². The number of hydrogen-bond acceptors (Lipinski definition) is 2. The van der Waals surface area contributed by atoms with Gasteiger partial charge in [-0.05, 0) is 41.5 Å². The van der Waals surface area contributed by atoms with Crippen molar-refractivity contribution >= 4 is 0 Å². The Morgan fingerprint density at radius 2 is 2.14 bits per heavy atom. The molecule has 2 nitrogen and oxygen atoms in total. The molecule has 0 heterocycles. The molecule has 1 aliphatic carbocycles. The molecule has 0 radical (unpaired) electrons. The molecule has 2 heteroatoms. The van der Waals surface area contributed by atoms with Crippen LogP contribution in [0, 0.1) is 11.3 Å². The Morgan fingerprint density at radius 1 is 1.43 bits per heavy atom. The van der Waals surface area contributed by atoms with Crippen LogP contribution >= 0.6 is 0 Å². The first-order chi connectivity index (χ1) is 6.57. The van der Waals surface area contributed by atoms with Gasteiger partial charge < -0.3 is 10.8 Å². The molecule has 3 N–H and O–H groups in total. The zero-order valence-corrected chi connectivity index (χ0v) is 8.70. The standard InChI is InChI=1S/C12H17NO/c1-12(2)10(7-13)11(12)8-4-3-5-9(14)6-8/h3-6,10-11,14H,7,13H2,1-2H3/t10-,11-/m0/s1. The van der Waals surface area contributed by atoms with E-state index in [2.05, 4.69) is 19.9 Å². The lowest BCUT2D eigenvalue weighted by molar-refractivity contribution is 0.474. The zero-order chi connectivity index (χ0) is 10.3. The zero-order valence-electron chi connectivity index (χ0n) is 8.70. The molecule has 0 amide bonds. The topological polar surface area (TPSA) is 46.2 Å². The van der Waals surface area contributed by atoms with Crippen molar-refractivity contribution < 1.29 is 5.11 Å². The molecule has 2 atom stereocenters. The summed E-state index contributed by atoms with van der Waals surface area (Å²) in [7, 11) is 0. The largest absolute Gasteiger partial charge is 0.508 e. The highest BCUT2D eigenvalue weighted by Gasteiger charge is 2.57. The average Bonchev–Trinajstić information content (AvgIpc) is 2.68. The van der Waals surface area contributed by atoms with E-state index < -0.39 is 0 Å². The minimum Gasteiger partial charge on any atom is -0.508 e. The van der Waals surface area contributed by atoms with Gasteiger partial charge >= 0.3 is 0 Å². The quantitative estimate of drug-likeness (QED) is 0.752. The van der Waals surface area contributed by atoms with Crippen LogP contribution in [0.2, 0.25) is 0 Å². The number of nitrogens with two attached hydrogens (primary N) is 1. The summed E-state index contributed by atoms with van der Waals surface area (Å²) < 4.78 is 0. The van der Waals surface area contributed by atoms with Crippen LogP contribution in [0.4, 0.5) is 0 Å². The third-order valence-electron chi connectivity index (χ3n) is 3.53. The molecule has 2 rings (SSSR count). The van der Waals surface area contributed by atoms with E-state index >= 15 is 0 Å². The molecule has 0 bridgehead atoms. The summed E-state index contributed by atoms with van der Waals surface area (Å²) in [6.45, 7) is 5.20. The summed E-state index contributed by atoms with van der Waals surface area (Å²) in [6.07, 6.45) is 0. The predicted molar refractivity (Wildman–Crippen MR) is 57.2 cm³/mol. The van der Waals surface area contributed by atoms with Gasteiger partial charge in [-0.3, -0.25) is 0 Å². The maximum atomic E-state index is 9.39.